The van der Waals surface area contributed by atoms with Crippen LogP contribution in [0.2, 0.25) is 0 Å². The maximum absolute atomic E-state index is 11.6. The molecule has 25 heavy (non-hydrogen) atoms. The molecule has 0 radical (unpaired) electrons. The molecular weight excluding hydrogens is 357 g/mol. The smallest absolute Gasteiger partial charge is 0.407 e. The third kappa shape index (κ3) is 8.21. The number of Topliss-reactive ketones (excluding diaryl/α,β-unsaturated/α-hetero) is 1. The lowest BCUT2D eigenvalue weighted by molar-refractivity contribution is -0.341. The van der Waals surface area contributed by atoms with Crippen LogP contribution in [0.4, 0.5) is 4.79 Å². The van der Waals surface area contributed by atoms with E-state index in [4.69, 9.17) is 4.74 Å². The Balaban J connectivity index is 2.43. The Morgan fingerprint density at radius 1 is 1.24 bits per heavy atom. The number of phosphoric acid groups is 1. The van der Waals surface area contributed by atoms with Gasteiger partial charge in [0.2, 0.25) is 0 Å². The summed E-state index contributed by atoms with van der Waals surface area (Å²) in [6.07, 6.45) is -4.72. The SMILES string of the molecule is C[C@H](NC(=O)OCc1ccccc1)[C@H](O)[C@@H](O)C(=O)COP(=O)([O-])[O-]. The van der Waals surface area contributed by atoms with Gasteiger partial charge in [-0.3, -0.25) is 4.79 Å². The van der Waals surface area contributed by atoms with E-state index in [9.17, 15) is 34.2 Å². The van der Waals surface area contributed by atoms with E-state index >= 15 is 0 Å². The van der Waals surface area contributed by atoms with E-state index in [0.717, 1.165) is 5.56 Å². The molecule has 0 aliphatic carbocycles. The Bertz CT molecular complexity index is 618. The number of benzene rings is 1. The molecule has 10 nitrogen and oxygen atoms in total. The number of ketones is 1. The summed E-state index contributed by atoms with van der Waals surface area (Å²) in [5.74, 6) is -1.23. The zero-order valence-electron chi connectivity index (χ0n) is 13.2. The van der Waals surface area contributed by atoms with Gasteiger partial charge in [0.25, 0.3) is 0 Å². The molecule has 1 rings (SSSR count). The van der Waals surface area contributed by atoms with Crippen molar-refractivity contribution < 1.29 is 43.4 Å². The van der Waals surface area contributed by atoms with Crippen LogP contribution in [0, 0.1) is 0 Å². The van der Waals surface area contributed by atoms with E-state index in [2.05, 4.69) is 9.84 Å². The van der Waals surface area contributed by atoms with Crippen molar-refractivity contribution in [3.63, 3.8) is 0 Å². The molecule has 0 unspecified atom stereocenters. The second kappa shape index (κ2) is 9.62. The van der Waals surface area contributed by atoms with Crippen LogP contribution in [0.3, 0.4) is 0 Å². The van der Waals surface area contributed by atoms with E-state index in [1.165, 1.54) is 6.92 Å². The summed E-state index contributed by atoms with van der Waals surface area (Å²) in [4.78, 5) is 43.6. The fraction of sp³-hybridized carbons (Fsp3) is 0.429. The van der Waals surface area contributed by atoms with Crippen molar-refractivity contribution in [3.05, 3.63) is 35.9 Å². The molecule has 11 heteroatoms. The lowest BCUT2D eigenvalue weighted by Gasteiger charge is -2.29. The standard InChI is InChI=1S/C14H20NO9P/c1-9(12(17)13(18)11(16)8-24-25(20,21)22)15-14(19)23-7-10-5-3-2-4-6-10/h2-6,9,12-13,17-18H,7-8H2,1H3,(H,15,19)(H2,20,21,22)/p-2/t9-,12-,13-/m0/s1. The minimum absolute atomic E-state index is 0.0207. The average molecular weight is 375 g/mol. The number of nitrogens with one attached hydrogen (secondary N) is 1. The average Bonchev–Trinajstić information content (AvgIpc) is 2.56. The molecule has 0 fully saturated rings. The van der Waals surface area contributed by atoms with Crippen LogP contribution in [-0.4, -0.2) is 46.9 Å². The topological polar surface area (TPSA) is 168 Å². The highest BCUT2D eigenvalue weighted by Crippen LogP contribution is 2.24. The van der Waals surface area contributed by atoms with Crippen molar-refractivity contribution in [1.29, 1.82) is 0 Å². The number of rotatable bonds is 9. The third-order valence-electron chi connectivity index (χ3n) is 3.09. The molecule has 3 N–H and O–H groups in total. The largest absolute Gasteiger partial charge is 0.790 e. The van der Waals surface area contributed by atoms with Gasteiger partial charge in [0.15, 0.2) is 5.78 Å². The van der Waals surface area contributed by atoms with Gasteiger partial charge in [0, 0.05) is 0 Å². The van der Waals surface area contributed by atoms with Gasteiger partial charge in [-0.15, -0.1) is 0 Å². The van der Waals surface area contributed by atoms with Gasteiger partial charge in [-0.25, -0.2) is 4.79 Å². The summed E-state index contributed by atoms with van der Waals surface area (Å²) in [5, 5.41) is 21.6. The number of alkyl carbamates (subject to hydrolysis) is 1. The fourth-order valence-corrected chi connectivity index (χ4v) is 2.01. The van der Waals surface area contributed by atoms with Crippen LogP contribution < -0.4 is 15.1 Å². The van der Waals surface area contributed by atoms with E-state index in [1.54, 1.807) is 30.3 Å². The van der Waals surface area contributed by atoms with Gasteiger partial charge in [0.05, 0.1) is 13.9 Å². The predicted octanol–water partition coefficient (Wildman–Crippen LogP) is -1.56. The van der Waals surface area contributed by atoms with Crippen LogP contribution in [0.25, 0.3) is 0 Å². The van der Waals surface area contributed by atoms with E-state index in [-0.39, 0.29) is 6.61 Å². The minimum Gasteiger partial charge on any atom is -0.790 e. The number of ether oxygens (including phenoxy) is 1. The zero-order chi connectivity index (χ0) is 19.0. The van der Waals surface area contributed by atoms with Crippen LogP contribution in [0.15, 0.2) is 30.3 Å². The lowest BCUT2D eigenvalue weighted by atomic mass is 10.0. The second-order valence-corrected chi connectivity index (χ2v) is 6.27. The zero-order valence-corrected chi connectivity index (χ0v) is 14.1. The molecule has 0 aliphatic heterocycles. The summed E-state index contributed by atoms with van der Waals surface area (Å²) < 4.78 is 18.9. The minimum atomic E-state index is -5.38. The van der Waals surface area contributed by atoms with Crippen molar-refractivity contribution in [2.75, 3.05) is 6.61 Å². The van der Waals surface area contributed by atoms with Crippen molar-refractivity contribution in [1.82, 2.24) is 5.32 Å². The Labute approximate surface area is 143 Å². The quantitative estimate of drug-likeness (QED) is 0.432. The molecule has 0 heterocycles. The monoisotopic (exact) mass is 375 g/mol. The Morgan fingerprint density at radius 3 is 2.40 bits per heavy atom. The summed E-state index contributed by atoms with van der Waals surface area (Å²) >= 11 is 0. The van der Waals surface area contributed by atoms with Gasteiger partial charge in [-0.05, 0) is 12.5 Å². The number of hydrogen-bond acceptors (Lipinski definition) is 9. The highest BCUT2D eigenvalue weighted by atomic mass is 31.2. The van der Waals surface area contributed by atoms with E-state index in [0.29, 0.717) is 0 Å². The number of hydrogen-bond donors (Lipinski definition) is 3. The maximum atomic E-state index is 11.6. The van der Waals surface area contributed by atoms with Crippen LogP contribution >= 0.6 is 7.82 Å². The number of carbonyl (C=O) groups excluding carboxylic acids is 2. The van der Waals surface area contributed by atoms with Crippen molar-refractivity contribution in [2.24, 2.45) is 0 Å². The molecule has 3 atom stereocenters. The summed E-state index contributed by atoms with van der Waals surface area (Å²) in [5.41, 5.74) is 0.734. The van der Waals surface area contributed by atoms with Gasteiger partial charge in [-0.1, -0.05) is 30.3 Å². The molecule has 0 aliphatic rings. The Kier molecular flexibility index (Phi) is 8.17. The molecular formula is C14H18NO9P-2. The number of carbonyl (C=O) groups is 2. The number of phosphoric ester groups is 1. The summed E-state index contributed by atoms with van der Waals surface area (Å²) in [6.45, 7) is 0.0542. The van der Waals surface area contributed by atoms with Gasteiger partial charge in [0.1, 0.15) is 25.4 Å². The molecule has 1 aromatic rings. The number of aliphatic hydroxyl groups is 2. The van der Waals surface area contributed by atoms with E-state index in [1.807, 2.05) is 0 Å². The van der Waals surface area contributed by atoms with Crippen molar-refractivity contribution in [3.8, 4) is 0 Å². The normalized spacial score (nSPS) is 15.1. The summed E-state index contributed by atoms with van der Waals surface area (Å²) in [6, 6.07) is 7.68. The second-order valence-electron chi connectivity index (χ2n) is 5.12. The Hall–Kier alpha value is -1.81. The molecule has 0 saturated carbocycles. The summed E-state index contributed by atoms with van der Waals surface area (Å²) in [7, 11) is -5.38. The van der Waals surface area contributed by atoms with Crippen molar-refractivity contribution >= 4 is 19.7 Å². The predicted molar refractivity (Wildman–Crippen MR) is 79.8 cm³/mol. The molecule has 0 saturated heterocycles. The maximum Gasteiger partial charge on any atom is 0.407 e. The highest BCUT2D eigenvalue weighted by molar-refractivity contribution is 7.43. The molecule has 0 bridgehead atoms. The molecule has 1 aromatic carbocycles. The first kappa shape index (κ1) is 21.2. The third-order valence-corrected chi connectivity index (χ3v) is 3.53. The van der Waals surface area contributed by atoms with Crippen LogP contribution in [0.5, 0.6) is 0 Å². The molecule has 0 aromatic heterocycles. The molecule has 1 amide bonds. The van der Waals surface area contributed by atoms with E-state index < -0.39 is 44.6 Å². The van der Waals surface area contributed by atoms with Gasteiger partial charge in [-0.2, -0.15) is 0 Å². The molecule has 140 valence electrons. The first-order chi connectivity index (χ1) is 11.6. The lowest BCUT2D eigenvalue weighted by Crippen LogP contribution is -2.50. The number of aliphatic hydroxyl groups excluding tert-OH is 2. The highest BCUT2D eigenvalue weighted by Gasteiger charge is 2.30. The fourth-order valence-electron chi connectivity index (χ4n) is 1.73. The Morgan fingerprint density at radius 2 is 1.84 bits per heavy atom. The van der Waals surface area contributed by atoms with Gasteiger partial charge >= 0.3 is 6.09 Å². The molecule has 0 spiro atoms. The van der Waals surface area contributed by atoms with Crippen LogP contribution in [0.1, 0.15) is 12.5 Å². The van der Waals surface area contributed by atoms with Gasteiger partial charge < -0.3 is 39.1 Å². The van der Waals surface area contributed by atoms with Crippen molar-refractivity contribution in [2.45, 2.75) is 31.8 Å². The first-order valence-electron chi connectivity index (χ1n) is 7.13. The number of amides is 1. The first-order valence-corrected chi connectivity index (χ1v) is 8.59. The van der Waals surface area contributed by atoms with Crippen LogP contribution in [-0.2, 0) is 25.2 Å².